The first-order valence-corrected chi connectivity index (χ1v) is 6.32. The number of nitrogens with zero attached hydrogens (tertiary/aromatic N) is 4. The molecule has 0 aliphatic rings. The van der Waals surface area contributed by atoms with E-state index in [4.69, 9.17) is 0 Å². The largest absolute Gasteiger partial charge is 0.508 e. The van der Waals surface area contributed by atoms with Crippen LogP contribution < -0.4 is 0 Å². The average Bonchev–Trinajstić information content (AvgIpc) is 2.90. The first kappa shape index (κ1) is 12.9. The van der Waals surface area contributed by atoms with Crippen LogP contribution in [0.25, 0.3) is 4.96 Å². The van der Waals surface area contributed by atoms with Gasteiger partial charge in [-0.3, -0.25) is 0 Å². The highest BCUT2D eigenvalue weighted by Crippen LogP contribution is 2.30. The lowest BCUT2D eigenvalue weighted by Gasteiger charge is -2.01. The summed E-state index contributed by atoms with van der Waals surface area (Å²) in [5.41, 5.74) is 0.589. The maximum absolute atomic E-state index is 12.7. The highest BCUT2D eigenvalue weighted by Gasteiger charge is 2.38. The van der Waals surface area contributed by atoms with Gasteiger partial charge in [0.2, 0.25) is 4.96 Å². The summed E-state index contributed by atoms with van der Waals surface area (Å²) < 4.78 is 38.6. The molecule has 9 heteroatoms. The van der Waals surface area contributed by atoms with Gasteiger partial charge in [0.15, 0.2) is 0 Å². The summed E-state index contributed by atoms with van der Waals surface area (Å²) in [7, 11) is 0. The summed E-state index contributed by atoms with van der Waals surface area (Å²) in [6.45, 7) is 0. The third-order valence-electron chi connectivity index (χ3n) is 2.62. The molecular weight excluding hydrogens is 293 g/mol. The molecule has 0 saturated heterocycles. The summed E-state index contributed by atoms with van der Waals surface area (Å²) in [5.74, 6) is -1.07. The molecule has 0 saturated carbocycles. The van der Waals surface area contributed by atoms with E-state index in [-0.39, 0.29) is 17.1 Å². The van der Waals surface area contributed by atoms with Gasteiger partial charge >= 0.3 is 6.18 Å². The Labute approximate surface area is 114 Å². The lowest BCUT2D eigenvalue weighted by molar-refractivity contribution is -0.146. The van der Waals surface area contributed by atoms with E-state index in [1.165, 1.54) is 6.07 Å². The molecule has 5 nitrogen and oxygen atoms in total. The van der Waals surface area contributed by atoms with Crippen molar-refractivity contribution in [1.82, 2.24) is 19.8 Å². The molecule has 20 heavy (non-hydrogen) atoms. The van der Waals surface area contributed by atoms with Gasteiger partial charge in [-0.2, -0.15) is 22.8 Å². The standard InChI is InChI=1S/C11H7F3N4OS/c12-11(13,14)9-15-16-10-18(9)17-8(20-10)5-6-3-1-2-4-7(6)19/h1-4,19H,5H2. The topological polar surface area (TPSA) is 63.3 Å². The summed E-state index contributed by atoms with van der Waals surface area (Å²) in [6, 6.07) is 6.59. The van der Waals surface area contributed by atoms with E-state index in [1.807, 2.05) is 0 Å². The van der Waals surface area contributed by atoms with Gasteiger partial charge in [0.05, 0.1) is 0 Å². The molecule has 0 aliphatic carbocycles. The molecule has 0 radical (unpaired) electrons. The molecule has 0 fully saturated rings. The number of phenolic OH excluding ortho intramolecular Hbond substituents is 1. The van der Waals surface area contributed by atoms with Crippen molar-refractivity contribution in [2.45, 2.75) is 12.6 Å². The molecule has 1 N–H and O–H groups in total. The molecular formula is C11H7F3N4OS. The minimum absolute atomic E-state index is 0.0720. The van der Waals surface area contributed by atoms with E-state index < -0.39 is 12.0 Å². The van der Waals surface area contributed by atoms with Gasteiger partial charge in [-0.25, -0.2) is 0 Å². The number of hydrogen-bond acceptors (Lipinski definition) is 5. The van der Waals surface area contributed by atoms with Crippen LogP contribution in [-0.4, -0.2) is 24.9 Å². The molecule has 0 bridgehead atoms. The monoisotopic (exact) mass is 300 g/mol. The Morgan fingerprint density at radius 1 is 1.20 bits per heavy atom. The second-order valence-electron chi connectivity index (χ2n) is 4.02. The molecule has 2 aromatic heterocycles. The molecule has 0 atom stereocenters. The van der Waals surface area contributed by atoms with E-state index in [2.05, 4.69) is 15.3 Å². The number of benzene rings is 1. The normalized spacial score (nSPS) is 12.2. The fraction of sp³-hybridized carbons (Fsp3) is 0.182. The highest BCUT2D eigenvalue weighted by atomic mass is 32.1. The summed E-state index contributed by atoms with van der Waals surface area (Å²) in [4.78, 5) is 0.0720. The van der Waals surface area contributed by atoms with Crippen molar-refractivity contribution in [2.75, 3.05) is 0 Å². The smallest absolute Gasteiger partial charge is 0.453 e. The molecule has 0 unspecified atom stereocenters. The SMILES string of the molecule is Oc1ccccc1Cc1nn2c(C(F)(F)F)nnc2s1. The third-order valence-corrected chi connectivity index (χ3v) is 3.52. The van der Waals surface area contributed by atoms with Crippen LogP contribution in [0, 0.1) is 0 Å². The summed E-state index contributed by atoms with van der Waals surface area (Å²) in [5, 5.41) is 20.5. The van der Waals surface area contributed by atoms with E-state index in [1.54, 1.807) is 18.2 Å². The van der Waals surface area contributed by atoms with Gasteiger partial charge in [-0.15, -0.1) is 10.2 Å². The molecule has 2 heterocycles. The molecule has 0 spiro atoms. The van der Waals surface area contributed by atoms with Gasteiger partial charge in [0.25, 0.3) is 5.82 Å². The van der Waals surface area contributed by atoms with Crippen molar-refractivity contribution in [2.24, 2.45) is 0 Å². The summed E-state index contributed by atoms with van der Waals surface area (Å²) >= 11 is 1.00. The number of halogens is 3. The van der Waals surface area contributed by atoms with Gasteiger partial charge in [-0.1, -0.05) is 29.5 Å². The fourth-order valence-electron chi connectivity index (χ4n) is 1.73. The van der Waals surface area contributed by atoms with Crippen molar-refractivity contribution in [3.05, 3.63) is 40.7 Å². The van der Waals surface area contributed by atoms with Crippen LogP contribution in [0.2, 0.25) is 0 Å². The zero-order valence-electron chi connectivity index (χ0n) is 9.79. The van der Waals surface area contributed by atoms with Gasteiger partial charge in [0, 0.05) is 12.0 Å². The van der Waals surface area contributed by atoms with Crippen LogP contribution in [0.4, 0.5) is 13.2 Å². The number of aromatic nitrogens is 4. The Balaban J connectivity index is 1.98. The van der Waals surface area contributed by atoms with Gasteiger partial charge in [0.1, 0.15) is 10.8 Å². The molecule has 0 aliphatic heterocycles. The maximum atomic E-state index is 12.7. The zero-order valence-corrected chi connectivity index (χ0v) is 10.6. The molecule has 104 valence electrons. The van der Waals surface area contributed by atoms with E-state index in [9.17, 15) is 18.3 Å². The van der Waals surface area contributed by atoms with Crippen LogP contribution in [0.1, 0.15) is 16.4 Å². The van der Waals surface area contributed by atoms with Gasteiger partial charge in [-0.05, 0) is 6.07 Å². The average molecular weight is 300 g/mol. The number of rotatable bonds is 2. The maximum Gasteiger partial charge on any atom is 0.453 e. The lowest BCUT2D eigenvalue weighted by Crippen LogP contribution is -2.11. The first-order chi connectivity index (χ1) is 9.45. The Bertz CT molecular complexity index is 764. The Morgan fingerprint density at radius 3 is 2.65 bits per heavy atom. The lowest BCUT2D eigenvalue weighted by atomic mass is 10.1. The van der Waals surface area contributed by atoms with Crippen LogP contribution in [0.5, 0.6) is 5.75 Å². The Morgan fingerprint density at radius 2 is 1.95 bits per heavy atom. The minimum Gasteiger partial charge on any atom is -0.508 e. The predicted octanol–water partition coefficient (Wildman–Crippen LogP) is 2.50. The Kier molecular flexibility index (Phi) is 2.85. The van der Waals surface area contributed by atoms with Crippen LogP contribution in [-0.2, 0) is 12.6 Å². The number of alkyl halides is 3. The Hall–Kier alpha value is -2.16. The second kappa shape index (κ2) is 4.44. The van der Waals surface area contributed by atoms with E-state index >= 15 is 0 Å². The highest BCUT2D eigenvalue weighted by molar-refractivity contribution is 7.16. The van der Waals surface area contributed by atoms with Crippen molar-refractivity contribution in [3.8, 4) is 5.75 Å². The van der Waals surface area contributed by atoms with E-state index in [0.29, 0.717) is 15.1 Å². The molecule has 3 aromatic rings. The second-order valence-corrected chi connectivity index (χ2v) is 5.06. The van der Waals surface area contributed by atoms with E-state index in [0.717, 1.165) is 11.3 Å². The van der Waals surface area contributed by atoms with Crippen molar-refractivity contribution >= 4 is 16.3 Å². The number of phenols is 1. The molecule has 3 rings (SSSR count). The molecule has 1 aromatic carbocycles. The first-order valence-electron chi connectivity index (χ1n) is 5.50. The summed E-state index contributed by atoms with van der Waals surface area (Å²) in [6.07, 6.45) is -4.36. The minimum atomic E-state index is -4.60. The number of hydrogen-bond donors (Lipinski definition) is 1. The van der Waals surface area contributed by atoms with Crippen molar-refractivity contribution in [3.63, 3.8) is 0 Å². The zero-order chi connectivity index (χ0) is 14.3. The number of aromatic hydroxyl groups is 1. The van der Waals surface area contributed by atoms with Crippen molar-refractivity contribution < 1.29 is 18.3 Å². The predicted molar refractivity (Wildman–Crippen MR) is 64.6 cm³/mol. The molecule has 0 amide bonds. The quantitative estimate of drug-likeness (QED) is 0.790. The third kappa shape index (κ3) is 2.20. The van der Waals surface area contributed by atoms with Crippen LogP contribution in [0.15, 0.2) is 24.3 Å². The number of para-hydroxylation sites is 1. The van der Waals surface area contributed by atoms with Crippen LogP contribution >= 0.6 is 11.3 Å². The fourth-order valence-corrected chi connectivity index (χ4v) is 2.58. The van der Waals surface area contributed by atoms with Gasteiger partial charge < -0.3 is 5.11 Å². The van der Waals surface area contributed by atoms with Crippen LogP contribution in [0.3, 0.4) is 0 Å². The van der Waals surface area contributed by atoms with Crippen molar-refractivity contribution in [1.29, 1.82) is 0 Å². The number of fused-ring (bicyclic) bond motifs is 1.